The van der Waals surface area contributed by atoms with Gasteiger partial charge in [0.1, 0.15) is 17.6 Å². The molecule has 0 atom stereocenters. The molecule has 0 aromatic heterocycles. The molecule has 0 bridgehead atoms. The van der Waals surface area contributed by atoms with Crippen molar-refractivity contribution in [3.63, 3.8) is 0 Å². The van der Waals surface area contributed by atoms with Crippen molar-refractivity contribution in [1.29, 1.82) is 0 Å². The summed E-state index contributed by atoms with van der Waals surface area (Å²) in [5.41, 5.74) is 0.826. The van der Waals surface area contributed by atoms with Crippen molar-refractivity contribution in [2.24, 2.45) is 0 Å². The van der Waals surface area contributed by atoms with Gasteiger partial charge in [-0.3, -0.25) is 4.79 Å². The highest BCUT2D eigenvalue weighted by Crippen LogP contribution is 2.23. The third kappa shape index (κ3) is 1.59. The van der Waals surface area contributed by atoms with Crippen LogP contribution in [0.3, 0.4) is 0 Å². The van der Waals surface area contributed by atoms with E-state index in [1.54, 1.807) is 6.92 Å². The van der Waals surface area contributed by atoms with E-state index in [-0.39, 0.29) is 11.3 Å². The standard InChI is InChI=1S/C10H10O4/c1-6-7(5-11)3-4-8(14-2)9(6)10(12)13/h3-5H,1-2H3,(H,12,13). The third-order valence-corrected chi connectivity index (χ3v) is 2.03. The van der Waals surface area contributed by atoms with Crippen molar-refractivity contribution in [2.75, 3.05) is 7.11 Å². The van der Waals surface area contributed by atoms with E-state index in [0.29, 0.717) is 17.4 Å². The summed E-state index contributed by atoms with van der Waals surface area (Å²) in [6.07, 6.45) is 0.626. The topological polar surface area (TPSA) is 63.6 Å². The van der Waals surface area contributed by atoms with Gasteiger partial charge in [-0.25, -0.2) is 4.79 Å². The summed E-state index contributed by atoms with van der Waals surface area (Å²) in [7, 11) is 1.39. The van der Waals surface area contributed by atoms with Crippen molar-refractivity contribution < 1.29 is 19.4 Å². The molecule has 0 fully saturated rings. The summed E-state index contributed by atoms with van der Waals surface area (Å²) in [6.45, 7) is 1.58. The number of aromatic carboxylic acids is 1. The Labute approximate surface area is 81.1 Å². The number of carboxylic acid groups (broad SMARTS) is 1. The average molecular weight is 194 g/mol. The molecule has 1 aromatic rings. The number of hydrogen-bond donors (Lipinski definition) is 1. The summed E-state index contributed by atoms with van der Waals surface area (Å²) < 4.78 is 4.89. The first-order valence-corrected chi connectivity index (χ1v) is 3.98. The van der Waals surface area contributed by atoms with E-state index < -0.39 is 5.97 Å². The minimum absolute atomic E-state index is 0.0390. The van der Waals surface area contributed by atoms with Crippen molar-refractivity contribution in [3.05, 3.63) is 28.8 Å². The molecule has 1 rings (SSSR count). The zero-order chi connectivity index (χ0) is 10.7. The Morgan fingerprint density at radius 2 is 2.14 bits per heavy atom. The number of hydrogen-bond acceptors (Lipinski definition) is 3. The largest absolute Gasteiger partial charge is 0.496 e. The smallest absolute Gasteiger partial charge is 0.339 e. The highest BCUT2D eigenvalue weighted by atomic mass is 16.5. The summed E-state index contributed by atoms with van der Waals surface area (Å²) in [5, 5.41) is 8.90. The molecule has 0 radical (unpaired) electrons. The predicted molar refractivity (Wildman–Crippen MR) is 50.1 cm³/mol. The van der Waals surface area contributed by atoms with E-state index in [2.05, 4.69) is 0 Å². The van der Waals surface area contributed by atoms with E-state index in [0.717, 1.165) is 0 Å². The Morgan fingerprint density at radius 3 is 2.57 bits per heavy atom. The average Bonchev–Trinajstić information content (AvgIpc) is 2.16. The number of rotatable bonds is 3. The summed E-state index contributed by atoms with van der Waals surface area (Å²) in [6, 6.07) is 3.01. The molecule has 4 heteroatoms. The lowest BCUT2D eigenvalue weighted by atomic mass is 10.0. The molecular weight excluding hydrogens is 184 g/mol. The Morgan fingerprint density at radius 1 is 1.50 bits per heavy atom. The number of carboxylic acids is 1. The monoisotopic (exact) mass is 194 g/mol. The van der Waals surface area contributed by atoms with Crippen LogP contribution in [0.4, 0.5) is 0 Å². The van der Waals surface area contributed by atoms with Crippen molar-refractivity contribution in [3.8, 4) is 5.75 Å². The second-order valence-electron chi connectivity index (χ2n) is 2.78. The summed E-state index contributed by atoms with van der Waals surface area (Å²) in [4.78, 5) is 21.4. The van der Waals surface area contributed by atoms with Crippen LogP contribution in [0.1, 0.15) is 26.3 Å². The Bertz CT molecular complexity index is 382. The minimum Gasteiger partial charge on any atom is -0.496 e. The predicted octanol–water partition coefficient (Wildman–Crippen LogP) is 1.51. The Kier molecular flexibility index (Phi) is 2.86. The van der Waals surface area contributed by atoms with Crippen LogP contribution in [0.25, 0.3) is 0 Å². The normalized spacial score (nSPS) is 9.57. The van der Waals surface area contributed by atoms with Crippen LogP contribution in [-0.4, -0.2) is 24.5 Å². The first kappa shape index (κ1) is 10.2. The minimum atomic E-state index is -1.09. The number of carbonyl (C=O) groups excluding carboxylic acids is 1. The number of benzene rings is 1. The van der Waals surface area contributed by atoms with Crippen LogP contribution < -0.4 is 4.74 Å². The van der Waals surface area contributed by atoms with Gasteiger partial charge in [-0.2, -0.15) is 0 Å². The zero-order valence-corrected chi connectivity index (χ0v) is 7.90. The maximum atomic E-state index is 10.9. The Balaban J connectivity index is 3.46. The third-order valence-electron chi connectivity index (χ3n) is 2.03. The van der Waals surface area contributed by atoms with Crippen molar-refractivity contribution >= 4 is 12.3 Å². The quantitative estimate of drug-likeness (QED) is 0.741. The second-order valence-corrected chi connectivity index (χ2v) is 2.78. The molecule has 1 aromatic carbocycles. The number of aldehydes is 1. The lowest BCUT2D eigenvalue weighted by molar-refractivity contribution is 0.0692. The van der Waals surface area contributed by atoms with Gasteiger partial charge in [0.25, 0.3) is 0 Å². The SMILES string of the molecule is COc1ccc(C=O)c(C)c1C(=O)O. The van der Waals surface area contributed by atoms with Gasteiger partial charge in [0, 0.05) is 5.56 Å². The van der Waals surface area contributed by atoms with Gasteiger partial charge in [0.15, 0.2) is 0 Å². The maximum absolute atomic E-state index is 10.9. The molecule has 0 aliphatic heterocycles. The van der Waals surface area contributed by atoms with Crippen LogP contribution >= 0.6 is 0 Å². The first-order valence-electron chi connectivity index (χ1n) is 3.98. The van der Waals surface area contributed by atoms with Crippen LogP contribution in [0.2, 0.25) is 0 Å². The highest BCUT2D eigenvalue weighted by molar-refractivity contribution is 5.95. The highest BCUT2D eigenvalue weighted by Gasteiger charge is 2.16. The van der Waals surface area contributed by atoms with Crippen molar-refractivity contribution in [1.82, 2.24) is 0 Å². The fraction of sp³-hybridized carbons (Fsp3) is 0.200. The van der Waals surface area contributed by atoms with Crippen LogP contribution in [0, 0.1) is 6.92 Å². The van der Waals surface area contributed by atoms with Crippen LogP contribution in [0.15, 0.2) is 12.1 Å². The van der Waals surface area contributed by atoms with Crippen LogP contribution in [-0.2, 0) is 0 Å². The zero-order valence-electron chi connectivity index (χ0n) is 7.90. The van der Waals surface area contributed by atoms with Crippen LogP contribution in [0.5, 0.6) is 5.75 Å². The van der Waals surface area contributed by atoms with E-state index >= 15 is 0 Å². The molecule has 0 saturated heterocycles. The van der Waals surface area contributed by atoms with Gasteiger partial charge >= 0.3 is 5.97 Å². The van der Waals surface area contributed by atoms with Gasteiger partial charge < -0.3 is 9.84 Å². The second kappa shape index (κ2) is 3.91. The van der Waals surface area contributed by atoms with Gasteiger partial charge in [0.05, 0.1) is 7.11 Å². The first-order chi connectivity index (χ1) is 6.61. The molecule has 0 unspecified atom stereocenters. The molecule has 0 aliphatic rings. The van der Waals surface area contributed by atoms with E-state index in [1.807, 2.05) is 0 Å². The van der Waals surface area contributed by atoms with Gasteiger partial charge in [-0.05, 0) is 24.6 Å². The maximum Gasteiger partial charge on any atom is 0.339 e. The van der Waals surface area contributed by atoms with Crippen molar-refractivity contribution in [2.45, 2.75) is 6.92 Å². The summed E-state index contributed by atoms with van der Waals surface area (Å²) in [5.74, 6) is -0.830. The van der Waals surface area contributed by atoms with Gasteiger partial charge in [0.2, 0.25) is 0 Å². The summed E-state index contributed by atoms with van der Waals surface area (Å²) >= 11 is 0. The van der Waals surface area contributed by atoms with Gasteiger partial charge in [-0.1, -0.05) is 0 Å². The fourth-order valence-corrected chi connectivity index (χ4v) is 1.27. The lowest BCUT2D eigenvalue weighted by Gasteiger charge is -2.08. The molecule has 1 N–H and O–H groups in total. The number of ether oxygens (including phenoxy) is 1. The van der Waals surface area contributed by atoms with Gasteiger partial charge in [-0.15, -0.1) is 0 Å². The molecule has 0 aliphatic carbocycles. The molecular formula is C10H10O4. The Hall–Kier alpha value is -1.84. The lowest BCUT2D eigenvalue weighted by Crippen LogP contribution is -2.05. The van der Waals surface area contributed by atoms with E-state index in [1.165, 1.54) is 19.2 Å². The molecule has 14 heavy (non-hydrogen) atoms. The molecule has 0 saturated carbocycles. The van der Waals surface area contributed by atoms with E-state index in [4.69, 9.17) is 9.84 Å². The number of methoxy groups -OCH3 is 1. The molecule has 0 amide bonds. The molecule has 0 heterocycles. The molecule has 4 nitrogen and oxygen atoms in total. The molecule has 74 valence electrons. The molecule has 0 spiro atoms. The number of carbonyl (C=O) groups is 2. The van der Waals surface area contributed by atoms with E-state index in [9.17, 15) is 9.59 Å². The fourth-order valence-electron chi connectivity index (χ4n) is 1.27.